The highest BCUT2D eigenvalue weighted by Crippen LogP contribution is 2.15. The first kappa shape index (κ1) is 58.0. The Bertz CT molecular complexity index is 1180. The van der Waals surface area contributed by atoms with Crippen LogP contribution in [0.1, 0.15) is 194 Å². The van der Waals surface area contributed by atoms with E-state index in [1.54, 1.807) is 0 Å². The lowest BCUT2D eigenvalue weighted by molar-refractivity contribution is -0.870. The Kier molecular flexibility index (Phi) is 41.5. The molecule has 0 aromatic heterocycles. The molecule has 2 atom stereocenters. The van der Waals surface area contributed by atoms with Gasteiger partial charge in [0.25, 0.3) is 0 Å². The van der Waals surface area contributed by atoms with Crippen molar-refractivity contribution in [2.45, 2.75) is 206 Å². The molecule has 0 N–H and O–H groups in total. The number of unbranched alkanes of at least 4 members (excludes halogenated alkanes) is 19. The minimum Gasteiger partial charge on any atom is -0.545 e. The number of quaternary nitrogens is 1. The number of likely N-dealkylation sites (N-methyl/N-ethyl adjacent to an activating group) is 1. The van der Waals surface area contributed by atoms with E-state index in [2.05, 4.69) is 74.6 Å². The lowest BCUT2D eigenvalue weighted by Gasteiger charge is -2.26. The van der Waals surface area contributed by atoms with Crippen molar-refractivity contribution < 1.29 is 42.9 Å². The van der Waals surface area contributed by atoms with Crippen LogP contribution in [0.2, 0.25) is 0 Å². The van der Waals surface area contributed by atoms with Crippen LogP contribution in [0.25, 0.3) is 0 Å². The second-order valence-electron chi connectivity index (χ2n) is 17.4. The van der Waals surface area contributed by atoms with Crippen LogP contribution in [0.3, 0.4) is 0 Å². The summed E-state index contributed by atoms with van der Waals surface area (Å²) in [6.45, 7) is 4.59. The van der Waals surface area contributed by atoms with Crippen molar-refractivity contribution in [2.75, 3.05) is 47.5 Å². The lowest BCUT2D eigenvalue weighted by Crippen LogP contribution is -2.44. The minimum atomic E-state index is -1.62. The summed E-state index contributed by atoms with van der Waals surface area (Å²) in [4.78, 5) is 36.9. The number of hydrogen-bond donors (Lipinski definition) is 0. The van der Waals surface area contributed by atoms with E-state index in [1.165, 1.54) is 83.5 Å². The van der Waals surface area contributed by atoms with Gasteiger partial charge in [-0.25, -0.2) is 0 Å². The number of carboxylic acids is 1. The summed E-state index contributed by atoms with van der Waals surface area (Å²) in [5.74, 6) is -2.29. The molecule has 0 radical (unpaired) electrons. The van der Waals surface area contributed by atoms with E-state index >= 15 is 0 Å². The topological polar surface area (TPSA) is 111 Å². The van der Waals surface area contributed by atoms with Gasteiger partial charge in [0.15, 0.2) is 12.4 Å². The van der Waals surface area contributed by atoms with E-state index < -0.39 is 24.3 Å². The molecule has 61 heavy (non-hydrogen) atoms. The molecule has 0 heterocycles. The minimum absolute atomic E-state index is 0.146. The van der Waals surface area contributed by atoms with Crippen molar-refractivity contribution in [1.29, 1.82) is 0 Å². The molecule has 0 aliphatic heterocycles. The number of allylic oxidation sites excluding steroid dienone is 10. The van der Waals surface area contributed by atoms with Gasteiger partial charge >= 0.3 is 11.9 Å². The zero-order chi connectivity index (χ0) is 44.9. The van der Waals surface area contributed by atoms with Crippen LogP contribution in [0.5, 0.6) is 0 Å². The molecule has 0 amide bonds. The Morgan fingerprint density at radius 2 is 0.934 bits per heavy atom. The van der Waals surface area contributed by atoms with Crippen LogP contribution >= 0.6 is 0 Å². The third-order valence-electron chi connectivity index (χ3n) is 10.3. The van der Waals surface area contributed by atoms with E-state index in [0.717, 1.165) is 77.0 Å². The van der Waals surface area contributed by atoms with Gasteiger partial charge in [0.1, 0.15) is 13.2 Å². The highest BCUT2D eigenvalue weighted by atomic mass is 16.7. The fourth-order valence-electron chi connectivity index (χ4n) is 6.50. The number of esters is 2. The van der Waals surface area contributed by atoms with Gasteiger partial charge in [-0.15, -0.1) is 0 Å². The molecule has 9 nitrogen and oxygen atoms in total. The van der Waals surface area contributed by atoms with Gasteiger partial charge in [-0.2, -0.15) is 0 Å². The maximum absolute atomic E-state index is 12.8. The molecule has 0 rings (SSSR count). The number of hydrogen-bond acceptors (Lipinski definition) is 8. The highest BCUT2D eigenvalue weighted by molar-refractivity contribution is 5.70. The second kappa shape index (κ2) is 43.6. The third kappa shape index (κ3) is 44.8. The molecule has 0 aromatic rings. The van der Waals surface area contributed by atoms with Gasteiger partial charge in [-0.3, -0.25) is 9.59 Å². The molecule has 0 saturated heterocycles. The lowest BCUT2D eigenvalue weighted by atomic mass is 10.0. The Morgan fingerprint density at radius 3 is 1.39 bits per heavy atom. The number of carbonyl (C=O) groups excluding carboxylic acids is 3. The summed E-state index contributed by atoms with van der Waals surface area (Å²) in [5, 5.41) is 11.7. The molecule has 0 spiro atoms. The number of carbonyl (C=O) groups is 3. The molecule has 0 aliphatic rings. The van der Waals surface area contributed by atoms with E-state index in [0.29, 0.717) is 23.9 Å². The van der Waals surface area contributed by atoms with E-state index in [9.17, 15) is 19.5 Å². The molecular formula is C52H91NO8. The third-order valence-corrected chi connectivity index (χ3v) is 10.3. The standard InChI is InChI=1S/C52H91NO8/c1-6-8-10-12-14-16-17-18-19-20-21-22-23-24-25-26-27-28-29-30-31-32-33-35-37-39-41-43-50(55)61-48(47-60-52(51(56)57)58-45-44-53(3,4)5)46-59-49(54)42-40-38-36-34-15-13-11-9-7-2/h8,10,14,16,18-19,21-22,24-25,48,52H,6-7,9,11-13,15,17,20,23,26-47H2,1-5H3/b10-8-,16-14-,19-18-,22-21-,25-24-. The molecule has 0 fully saturated rings. The number of carboxylic acid groups (broad SMARTS) is 1. The molecular weight excluding hydrogens is 767 g/mol. The van der Waals surface area contributed by atoms with E-state index in [-0.39, 0.29) is 32.2 Å². The van der Waals surface area contributed by atoms with Gasteiger partial charge < -0.3 is 33.3 Å². The number of rotatable bonds is 44. The monoisotopic (exact) mass is 858 g/mol. The van der Waals surface area contributed by atoms with Crippen LogP contribution in [-0.4, -0.2) is 82.3 Å². The SMILES string of the molecule is CC/C=C\C/C=C\C/C=C\C/C=C\C/C=C\CCCCCCCCCCCCCC(=O)OC(COC(=O)CCCCCCCCCCC)COC(OCC[N+](C)(C)C)C(=O)[O-]. The van der Waals surface area contributed by atoms with E-state index in [1.807, 2.05) is 21.1 Å². The van der Waals surface area contributed by atoms with E-state index in [4.69, 9.17) is 18.9 Å². The first-order valence-electron chi connectivity index (χ1n) is 24.4. The predicted octanol–water partition coefficient (Wildman–Crippen LogP) is 12.0. The van der Waals surface area contributed by atoms with Crippen LogP contribution < -0.4 is 5.11 Å². The van der Waals surface area contributed by atoms with Crippen molar-refractivity contribution in [3.8, 4) is 0 Å². The Balaban J connectivity index is 4.22. The Hall–Kier alpha value is -3.01. The van der Waals surface area contributed by atoms with Crippen LogP contribution in [0.4, 0.5) is 0 Å². The Morgan fingerprint density at radius 1 is 0.508 bits per heavy atom. The molecule has 0 bridgehead atoms. The predicted molar refractivity (Wildman–Crippen MR) is 251 cm³/mol. The smallest absolute Gasteiger partial charge is 0.306 e. The summed E-state index contributed by atoms with van der Waals surface area (Å²) in [7, 11) is 5.90. The summed E-state index contributed by atoms with van der Waals surface area (Å²) in [5.41, 5.74) is 0. The van der Waals surface area contributed by atoms with Gasteiger partial charge in [-0.05, 0) is 57.8 Å². The van der Waals surface area contributed by atoms with Crippen molar-refractivity contribution in [3.63, 3.8) is 0 Å². The quantitative estimate of drug-likeness (QED) is 0.0196. The first-order chi connectivity index (χ1) is 29.6. The molecule has 2 unspecified atom stereocenters. The summed E-state index contributed by atoms with van der Waals surface area (Å²) >= 11 is 0. The number of aliphatic carboxylic acids is 1. The average Bonchev–Trinajstić information content (AvgIpc) is 3.22. The van der Waals surface area contributed by atoms with Crippen LogP contribution in [0.15, 0.2) is 60.8 Å². The number of ether oxygens (including phenoxy) is 4. The molecule has 9 heteroatoms. The zero-order valence-corrected chi connectivity index (χ0v) is 39.8. The summed E-state index contributed by atoms with van der Waals surface area (Å²) in [6.07, 6.45) is 49.8. The largest absolute Gasteiger partial charge is 0.545 e. The zero-order valence-electron chi connectivity index (χ0n) is 39.8. The van der Waals surface area contributed by atoms with Gasteiger partial charge in [0, 0.05) is 12.8 Å². The Labute approximate surface area is 374 Å². The maximum Gasteiger partial charge on any atom is 0.306 e. The average molecular weight is 858 g/mol. The second-order valence-corrected chi connectivity index (χ2v) is 17.4. The highest BCUT2D eigenvalue weighted by Gasteiger charge is 2.21. The van der Waals surface area contributed by atoms with Gasteiger partial charge in [-0.1, -0.05) is 184 Å². The summed E-state index contributed by atoms with van der Waals surface area (Å²) in [6, 6.07) is 0. The molecule has 352 valence electrons. The molecule has 0 saturated carbocycles. The van der Waals surface area contributed by atoms with Crippen LogP contribution in [0, 0.1) is 0 Å². The van der Waals surface area contributed by atoms with Crippen molar-refractivity contribution in [1.82, 2.24) is 0 Å². The first-order valence-corrected chi connectivity index (χ1v) is 24.4. The number of nitrogens with zero attached hydrogens (tertiary/aromatic N) is 1. The van der Waals surface area contributed by atoms with Gasteiger partial charge in [0.2, 0.25) is 0 Å². The molecule has 0 aromatic carbocycles. The van der Waals surface area contributed by atoms with Gasteiger partial charge in [0.05, 0.1) is 40.3 Å². The maximum atomic E-state index is 12.8. The fourth-order valence-corrected chi connectivity index (χ4v) is 6.50. The van der Waals surface area contributed by atoms with Crippen molar-refractivity contribution >= 4 is 17.9 Å². The van der Waals surface area contributed by atoms with Crippen LogP contribution in [-0.2, 0) is 33.3 Å². The van der Waals surface area contributed by atoms with Crippen molar-refractivity contribution in [2.24, 2.45) is 0 Å². The molecule has 0 aliphatic carbocycles. The summed E-state index contributed by atoms with van der Waals surface area (Å²) < 4.78 is 22.5. The normalized spacial score (nSPS) is 13.4. The fraction of sp³-hybridized carbons (Fsp3) is 0.750. The van der Waals surface area contributed by atoms with Crippen molar-refractivity contribution in [3.05, 3.63) is 60.8 Å².